The monoisotopic (exact) mass is 812 g/mol. The number of aliphatic carboxylic acids is 1. The second-order valence-corrected chi connectivity index (χ2v) is 16.3. The molecule has 0 aliphatic heterocycles. The van der Waals surface area contributed by atoms with Crippen LogP contribution in [0.2, 0.25) is 0 Å². The first-order valence-corrected chi connectivity index (χ1v) is 23.0. The molecule has 0 aliphatic rings. The average molecular weight is 812 g/mol. The number of ether oxygens (including phenoxy) is 3. The highest BCUT2D eigenvalue weighted by Gasteiger charge is 2.25. The molecule has 0 saturated heterocycles. The van der Waals surface area contributed by atoms with Gasteiger partial charge in [-0.05, 0) is 83.5 Å². The van der Waals surface area contributed by atoms with E-state index in [9.17, 15) is 19.5 Å². The van der Waals surface area contributed by atoms with Crippen molar-refractivity contribution in [1.82, 2.24) is 0 Å². The van der Waals surface area contributed by atoms with E-state index in [0.717, 1.165) is 70.6 Å². The SMILES string of the molecule is CC/C=C/C/C=C/C/C=C/CCCCC(=O)OCC(COCCC(C(=O)[O-])[N+](C)(C)C)OC(=O)CCCCCCCCCCC/C=C/C/C=C/C/C=C/CCCCC. The standard InChI is InChI=1S/C50H85NO7/c1-6-8-10-12-14-16-18-20-21-22-23-24-25-26-27-28-29-31-33-35-37-39-41-49(53)58-46(44-56-43-42-47(50(54)55)51(3,4)5)45-57-48(52)40-38-36-34-32-30-19-17-15-13-11-9-7-2/h9,11,14-17,20-21,23-24,30,32,46-47H,6-8,10,12-13,18-19,22,25-29,31,33-45H2,1-5H3/b11-9+,16-14+,17-15+,21-20+,24-23+,32-30+. The van der Waals surface area contributed by atoms with Crippen molar-refractivity contribution in [2.24, 2.45) is 0 Å². The van der Waals surface area contributed by atoms with Crippen LogP contribution in [0.1, 0.15) is 174 Å². The highest BCUT2D eigenvalue weighted by Crippen LogP contribution is 2.14. The van der Waals surface area contributed by atoms with Gasteiger partial charge in [-0.15, -0.1) is 0 Å². The van der Waals surface area contributed by atoms with E-state index in [-0.39, 0.29) is 42.7 Å². The van der Waals surface area contributed by atoms with Crippen LogP contribution in [-0.2, 0) is 28.6 Å². The first-order chi connectivity index (χ1) is 28.1. The Morgan fingerprint density at radius 2 is 0.966 bits per heavy atom. The van der Waals surface area contributed by atoms with Crippen molar-refractivity contribution in [1.29, 1.82) is 0 Å². The molecule has 332 valence electrons. The summed E-state index contributed by atoms with van der Waals surface area (Å²) < 4.78 is 17.1. The zero-order valence-corrected chi connectivity index (χ0v) is 37.7. The molecular formula is C50H85NO7. The maximum atomic E-state index is 12.7. The van der Waals surface area contributed by atoms with Gasteiger partial charge >= 0.3 is 11.9 Å². The number of carbonyl (C=O) groups excluding carboxylic acids is 3. The highest BCUT2D eigenvalue weighted by molar-refractivity contribution is 5.70. The third kappa shape index (κ3) is 38.3. The van der Waals surface area contributed by atoms with Crippen molar-refractivity contribution in [2.75, 3.05) is 41.0 Å². The summed E-state index contributed by atoms with van der Waals surface area (Å²) >= 11 is 0. The van der Waals surface area contributed by atoms with Gasteiger partial charge in [0.05, 0.1) is 40.3 Å². The summed E-state index contributed by atoms with van der Waals surface area (Å²) in [4.78, 5) is 36.8. The van der Waals surface area contributed by atoms with Crippen molar-refractivity contribution in [3.05, 3.63) is 72.9 Å². The summed E-state index contributed by atoms with van der Waals surface area (Å²) in [5.41, 5.74) is 0. The number of hydrogen-bond acceptors (Lipinski definition) is 7. The Bertz CT molecular complexity index is 1180. The van der Waals surface area contributed by atoms with E-state index in [2.05, 4.69) is 86.8 Å². The molecule has 0 spiro atoms. The van der Waals surface area contributed by atoms with Gasteiger partial charge in [-0.3, -0.25) is 9.59 Å². The van der Waals surface area contributed by atoms with Gasteiger partial charge in [-0.2, -0.15) is 0 Å². The fourth-order valence-electron chi connectivity index (χ4n) is 6.27. The van der Waals surface area contributed by atoms with Crippen LogP contribution in [0, 0.1) is 0 Å². The van der Waals surface area contributed by atoms with Gasteiger partial charge < -0.3 is 28.6 Å². The van der Waals surface area contributed by atoms with Gasteiger partial charge in [0.2, 0.25) is 0 Å². The summed E-state index contributed by atoms with van der Waals surface area (Å²) in [5.74, 6) is -1.80. The lowest BCUT2D eigenvalue weighted by atomic mass is 10.1. The first kappa shape index (κ1) is 54.8. The number of likely N-dealkylation sites (N-methyl/N-ethyl adjacent to an activating group) is 1. The van der Waals surface area contributed by atoms with E-state index in [1.54, 1.807) is 21.1 Å². The van der Waals surface area contributed by atoms with Crippen LogP contribution in [0.15, 0.2) is 72.9 Å². The smallest absolute Gasteiger partial charge is 0.306 e. The molecule has 0 radical (unpaired) electrons. The fourth-order valence-corrected chi connectivity index (χ4v) is 6.27. The lowest BCUT2D eigenvalue weighted by Gasteiger charge is -2.34. The summed E-state index contributed by atoms with van der Waals surface area (Å²) in [6.45, 7) is 4.46. The van der Waals surface area contributed by atoms with Crippen molar-refractivity contribution in [3.63, 3.8) is 0 Å². The van der Waals surface area contributed by atoms with Gasteiger partial charge in [-0.25, -0.2) is 0 Å². The molecule has 0 aliphatic carbocycles. The number of carboxylic acid groups (broad SMARTS) is 1. The van der Waals surface area contributed by atoms with E-state index in [1.165, 1.54) is 64.2 Å². The lowest BCUT2D eigenvalue weighted by molar-refractivity contribution is -0.889. The predicted molar refractivity (Wildman–Crippen MR) is 240 cm³/mol. The Balaban J connectivity index is 4.32. The summed E-state index contributed by atoms with van der Waals surface area (Å²) in [6.07, 6.45) is 50.8. The Morgan fingerprint density at radius 3 is 1.47 bits per heavy atom. The van der Waals surface area contributed by atoms with Gasteiger partial charge in [0, 0.05) is 19.3 Å². The lowest BCUT2D eigenvalue weighted by Crippen LogP contribution is -2.55. The quantitative estimate of drug-likeness (QED) is 0.0263. The number of allylic oxidation sites excluding steroid dienone is 12. The Morgan fingerprint density at radius 1 is 0.534 bits per heavy atom. The fraction of sp³-hybridized carbons (Fsp3) is 0.700. The van der Waals surface area contributed by atoms with Gasteiger partial charge in [0.25, 0.3) is 0 Å². The van der Waals surface area contributed by atoms with Crippen LogP contribution in [-0.4, -0.2) is 75.5 Å². The third-order valence-corrected chi connectivity index (χ3v) is 9.83. The van der Waals surface area contributed by atoms with Gasteiger partial charge in [-0.1, -0.05) is 145 Å². The molecule has 0 bridgehead atoms. The Hall–Kier alpha value is -3.23. The average Bonchev–Trinajstić information content (AvgIpc) is 3.18. The van der Waals surface area contributed by atoms with Crippen molar-refractivity contribution in [2.45, 2.75) is 187 Å². The normalized spacial score (nSPS) is 13.6. The van der Waals surface area contributed by atoms with Gasteiger partial charge in [0.15, 0.2) is 6.10 Å². The molecule has 0 fully saturated rings. The number of hydrogen-bond donors (Lipinski definition) is 0. The highest BCUT2D eigenvalue weighted by atomic mass is 16.6. The molecule has 8 heteroatoms. The second-order valence-electron chi connectivity index (χ2n) is 16.3. The van der Waals surface area contributed by atoms with E-state index in [4.69, 9.17) is 14.2 Å². The molecule has 2 unspecified atom stereocenters. The molecule has 8 nitrogen and oxygen atoms in total. The minimum Gasteiger partial charge on any atom is -0.544 e. The Labute approximate surface area is 355 Å². The topological polar surface area (TPSA) is 102 Å². The largest absolute Gasteiger partial charge is 0.544 e. The number of rotatable bonds is 40. The molecule has 0 N–H and O–H groups in total. The van der Waals surface area contributed by atoms with Crippen LogP contribution in [0.4, 0.5) is 0 Å². The van der Waals surface area contributed by atoms with Gasteiger partial charge in [0.1, 0.15) is 12.6 Å². The number of unbranched alkanes of at least 4 members (excludes halogenated alkanes) is 14. The van der Waals surface area contributed by atoms with Crippen molar-refractivity contribution < 1.29 is 38.2 Å². The molecular weight excluding hydrogens is 727 g/mol. The molecule has 0 aromatic rings. The predicted octanol–water partition coefficient (Wildman–Crippen LogP) is 11.4. The first-order valence-electron chi connectivity index (χ1n) is 23.0. The molecule has 0 saturated carbocycles. The van der Waals surface area contributed by atoms with E-state index in [1.807, 2.05) is 0 Å². The van der Waals surface area contributed by atoms with Crippen molar-refractivity contribution in [3.8, 4) is 0 Å². The van der Waals surface area contributed by atoms with Crippen LogP contribution in [0.25, 0.3) is 0 Å². The maximum Gasteiger partial charge on any atom is 0.306 e. The molecule has 0 heterocycles. The molecule has 0 aromatic carbocycles. The number of esters is 2. The van der Waals surface area contributed by atoms with E-state index in [0.29, 0.717) is 19.3 Å². The summed E-state index contributed by atoms with van der Waals surface area (Å²) in [7, 11) is 5.39. The number of carboxylic acids is 1. The van der Waals surface area contributed by atoms with Crippen LogP contribution in [0.3, 0.4) is 0 Å². The number of nitrogens with zero attached hydrogens (tertiary/aromatic N) is 1. The molecule has 0 amide bonds. The zero-order valence-electron chi connectivity index (χ0n) is 37.7. The number of carbonyl (C=O) groups is 3. The minimum absolute atomic E-state index is 0.0229. The Kier molecular flexibility index (Phi) is 38.3. The zero-order chi connectivity index (χ0) is 42.8. The summed E-state index contributed by atoms with van der Waals surface area (Å²) in [5, 5.41) is 11.6. The maximum absolute atomic E-state index is 12.7. The third-order valence-electron chi connectivity index (χ3n) is 9.83. The molecule has 2 atom stereocenters. The molecule has 58 heavy (non-hydrogen) atoms. The minimum atomic E-state index is -1.13. The van der Waals surface area contributed by atoms with E-state index >= 15 is 0 Å². The summed E-state index contributed by atoms with van der Waals surface area (Å²) in [6, 6.07) is -0.735. The molecule has 0 aromatic heterocycles. The number of quaternary nitrogens is 1. The van der Waals surface area contributed by atoms with E-state index < -0.39 is 18.1 Å². The van der Waals surface area contributed by atoms with Crippen LogP contribution < -0.4 is 5.11 Å². The van der Waals surface area contributed by atoms with Crippen LogP contribution >= 0.6 is 0 Å². The van der Waals surface area contributed by atoms with Crippen LogP contribution in [0.5, 0.6) is 0 Å². The molecule has 0 rings (SSSR count). The van der Waals surface area contributed by atoms with Crippen molar-refractivity contribution >= 4 is 17.9 Å². The second kappa shape index (κ2) is 40.5.